The fourth-order valence-electron chi connectivity index (χ4n) is 5.19. The van der Waals surface area contributed by atoms with Crippen molar-refractivity contribution in [3.8, 4) is 46.0 Å². The van der Waals surface area contributed by atoms with Crippen molar-refractivity contribution < 1.29 is 79.7 Å². The van der Waals surface area contributed by atoms with Crippen LogP contribution in [0.4, 0.5) is 0 Å². The molecule has 16 nitrogen and oxygen atoms in total. The number of aliphatic hydroxyl groups is 2. The molecule has 0 radical (unpaired) electrons. The third-order valence-corrected chi connectivity index (χ3v) is 7.67. The number of carbonyl (C=O) groups is 3. The summed E-state index contributed by atoms with van der Waals surface area (Å²) in [6.45, 7) is -0.982. The van der Waals surface area contributed by atoms with Crippen molar-refractivity contribution in [2.75, 3.05) is 6.61 Å². The predicted molar refractivity (Wildman–Crippen MR) is 162 cm³/mol. The van der Waals surface area contributed by atoms with E-state index >= 15 is 0 Å². The number of esters is 2. The molecule has 5 atom stereocenters. The van der Waals surface area contributed by atoms with E-state index in [1.165, 1.54) is 12.1 Å². The van der Waals surface area contributed by atoms with Gasteiger partial charge in [-0.3, -0.25) is 4.79 Å². The van der Waals surface area contributed by atoms with Gasteiger partial charge in [0.15, 0.2) is 29.5 Å². The molecular formula is C33H28O16. The van der Waals surface area contributed by atoms with Crippen LogP contribution in [0.2, 0.25) is 0 Å². The highest BCUT2D eigenvalue weighted by atomic mass is 16.6. The van der Waals surface area contributed by atoms with Crippen LogP contribution < -0.4 is 0 Å². The van der Waals surface area contributed by atoms with Crippen LogP contribution in [0.15, 0.2) is 66.7 Å². The number of phenolic OH excluding ortho intramolecular Hbond substituents is 8. The Morgan fingerprint density at radius 1 is 0.612 bits per heavy atom. The molecule has 256 valence electrons. The SMILES string of the molecule is O=C(O[C@@H]1[C@@H](OC(=O)c2cc(O)c(O)c(O)c2)[C@H](O)[C@@H](CO)O[C@H]1c1c(O)cc(O)c(C(=O)c2ccc(O)cc2)c1O)c1ccc(O)cc1. The highest BCUT2D eigenvalue weighted by Crippen LogP contribution is 2.48. The Labute approximate surface area is 275 Å². The molecule has 4 aromatic rings. The van der Waals surface area contributed by atoms with Crippen molar-refractivity contribution in [3.63, 3.8) is 0 Å². The van der Waals surface area contributed by atoms with E-state index in [1.54, 1.807) is 0 Å². The summed E-state index contributed by atoms with van der Waals surface area (Å²) >= 11 is 0. The summed E-state index contributed by atoms with van der Waals surface area (Å²) in [6, 6.07) is 11.3. The van der Waals surface area contributed by atoms with Crippen molar-refractivity contribution in [2.45, 2.75) is 30.5 Å². The van der Waals surface area contributed by atoms with Gasteiger partial charge >= 0.3 is 11.9 Å². The van der Waals surface area contributed by atoms with Gasteiger partial charge in [0.2, 0.25) is 5.78 Å². The van der Waals surface area contributed by atoms with Gasteiger partial charge in [-0.15, -0.1) is 0 Å². The number of carbonyl (C=O) groups excluding carboxylic acids is 3. The smallest absolute Gasteiger partial charge is 0.338 e. The number of ketones is 1. The summed E-state index contributed by atoms with van der Waals surface area (Å²) in [5.74, 6) is -9.70. The molecule has 4 aromatic carbocycles. The van der Waals surface area contributed by atoms with E-state index in [9.17, 15) is 65.4 Å². The molecule has 49 heavy (non-hydrogen) atoms. The number of benzene rings is 4. The third kappa shape index (κ3) is 6.64. The van der Waals surface area contributed by atoms with Crippen LogP contribution in [0.3, 0.4) is 0 Å². The second-order valence-corrected chi connectivity index (χ2v) is 10.8. The lowest BCUT2D eigenvalue weighted by Gasteiger charge is -2.43. The molecule has 1 heterocycles. The number of ether oxygens (including phenoxy) is 3. The lowest BCUT2D eigenvalue weighted by Crippen LogP contribution is -2.58. The van der Waals surface area contributed by atoms with Crippen LogP contribution in [-0.4, -0.2) is 99.8 Å². The van der Waals surface area contributed by atoms with Gasteiger partial charge in [0, 0.05) is 11.6 Å². The minimum Gasteiger partial charge on any atom is -0.508 e. The maximum absolute atomic E-state index is 13.4. The zero-order valence-corrected chi connectivity index (χ0v) is 24.9. The van der Waals surface area contributed by atoms with Crippen molar-refractivity contribution in [1.82, 2.24) is 0 Å². The van der Waals surface area contributed by atoms with E-state index in [1.807, 2.05) is 0 Å². The number of aromatic hydroxyl groups is 8. The monoisotopic (exact) mass is 680 g/mol. The summed E-state index contributed by atoms with van der Waals surface area (Å²) in [6.07, 6.45) is -9.70. The summed E-state index contributed by atoms with van der Waals surface area (Å²) < 4.78 is 16.8. The first-order valence-corrected chi connectivity index (χ1v) is 14.2. The largest absolute Gasteiger partial charge is 0.508 e. The van der Waals surface area contributed by atoms with Gasteiger partial charge in [0.1, 0.15) is 52.6 Å². The first-order chi connectivity index (χ1) is 23.2. The van der Waals surface area contributed by atoms with E-state index in [0.717, 1.165) is 36.4 Å². The average Bonchev–Trinajstić information content (AvgIpc) is 3.06. The third-order valence-electron chi connectivity index (χ3n) is 7.67. The molecule has 0 bridgehead atoms. The highest BCUT2D eigenvalue weighted by molar-refractivity contribution is 6.13. The molecule has 5 rings (SSSR count). The van der Waals surface area contributed by atoms with Crippen LogP contribution >= 0.6 is 0 Å². The standard InChI is InChI=1S/C33H28O16/c34-12-22-27(43)30(48-33(46)15-9-20(39)26(42)21(40)10-15)31(49-32(45)14-3-7-17(36)8-4-14)29(47-22)24-19(38)11-18(37)23(28(24)44)25(41)13-1-5-16(35)6-2-13/h1-11,22,27,29-31,34-40,42-44H,12H2/t22-,27-,29+,30+,31+/m1/s1. The second kappa shape index (κ2) is 13.5. The zero-order chi connectivity index (χ0) is 35.7. The molecule has 0 aliphatic carbocycles. The van der Waals surface area contributed by atoms with Crippen molar-refractivity contribution in [2.24, 2.45) is 0 Å². The quantitative estimate of drug-likeness (QED) is 0.0721. The lowest BCUT2D eigenvalue weighted by atomic mass is 9.87. The van der Waals surface area contributed by atoms with Crippen molar-refractivity contribution in [1.29, 1.82) is 0 Å². The van der Waals surface area contributed by atoms with Gasteiger partial charge < -0.3 is 65.3 Å². The minimum absolute atomic E-state index is 0.129. The van der Waals surface area contributed by atoms with E-state index < -0.39 is 106 Å². The van der Waals surface area contributed by atoms with Crippen LogP contribution in [0.25, 0.3) is 0 Å². The molecule has 10 N–H and O–H groups in total. The molecule has 0 amide bonds. The minimum atomic E-state index is -2.03. The normalized spacial score (nSPS) is 20.3. The highest BCUT2D eigenvalue weighted by Gasteiger charge is 2.52. The van der Waals surface area contributed by atoms with Crippen molar-refractivity contribution >= 4 is 17.7 Å². The summed E-state index contributed by atoms with van der Waals surface area (Å²) in [4.78, 5) is 40.0. The van der Waals surface area contributed by atoms with E-state index in [4.69, 9.17) is 14.2 Å². The number of hydrogen-bond acceptors (Lipinski definition) is 16. The van der Waals surface area contributed by atoms with Gasteiger partial charge in [0.05, 0.1) is 23.3 Å². The fourth-order valence-corrected chi connectivity index (χ4v) is 5.19. The number of hydrogen-bond donors (Lipinski definition) is 10. The van der Waals surface area contributed by atoms with E-state index in [2.05, 4.69) is 0 Å². The molecule has 1 fully saturated rings. The van der Waals surface area contributed by atoms with Gasteiger partial charge in [-0.1, -0.05) is 0 Å². The Kier molecular flexibility index (Phi) is 9.38. The Morgan fingerprint density at radius 2 is 1.12 bits per heavy atom. The molecule has 16 heteroatoms. The molecule has 1 aliphatic heterocycles. The maximum Gasteiger partial charge on any atom is 0.338 e. The molecule has 0 aromatic heterocycles. The Balaban J connectivity index is 1.64. The fraction of sp³-hybridized carbons (Fsp3) is 0.182. The molecule has 1 aliphatic rings. The van der Waals surface area contributed by atoms with Crippen LogP contribution in [0.5, 0.6) is 46.0 Å². The summed E-state index contributed by atoms with van der Waals surface area (Å²) in [5.41, 5.74) is -2.37. The second-order valence-electron chi connectivity index (χ2n) is 10.8. The molecular weight excluding hydrogens is 652 g/mol. The molecule has 0 spiro atoms. The lowest BCUT2D eigenvalue weighted by molar-refractivity contribution is -0.232. The Bertz CT molecular complexity index is 1880. The summed E-state index contributed by atoms with van der Waals surface area (Å²) in [5, 5.41) is 103. The van der Waals surface area contributed by atoms with Gasteiger partial charge in [-0.2, -0.15) is 0 Å². The maximum atomic E-state index is 13.4. The topological polar surface area (TPSA) is 281 Å². The van der Waals surface area contributed by atoms with E-state index in [-0.39, 0.29) is 22.6 Å². The number of rotatable bonds is 8. The molecule has 0 unspecified atom stereocenters. The first-order valence-electron chi connectivity index (χ1n) is 14.2. The molecule has 1 saturated heterocycles. The van der Waals surface area contributed by atoms with Crippen LogP contribution in [0.1, 0.15) is 48.3 Å². The van der Waals surface area contributed by atoms with Crippen LogP contribution in [-0.2, 0) is 14.2 Å². The van der Waals surface area contributed by atoms with Crippen LogP contribution in [0, 0.1) is 0 Å². The molecule has 0 saturated carbocycles. The number of aliphatic hydroxyl groups excluding tert-OH is 2. The predicted octanol–water partition coefficient (Wildman–Crippen LogP) is 1.81. The Morgan fingerprint density at radius 3 is 1.67 bits per heavy atom. The van der Waals surface area contributed by atoms with Crippen molar-refractivity contribution in [3.05, 3.63) is 94.5 Å². The average molecular weight is 681 g/mol. The Hall–Kier alpha value is -6.23. The van der Waals surface area contributed by atoms with Gasteiger partial charge in [-0.05, 0) is 60.7 Å². The first kappa shape index (κ1) is 34.1. The van der Waals surface area contributed by atoms with Gasteiger partial charge in [-0.25, -0.2) is 9.59 Å². The number of phenols is 8. The van der Waals surface area contributed by atoms with E-state index in [0.29, 0.717) is 18.2 Å². The van der Waals surface area contributed by atoms with Gasteiger partial charge in [0.25, 0.3) is 0 Å². The summed E-state index contributed by atoms with van der Waals surface area (Å²) in [7, 11) is 0. The zero-order valence-electron chi connectivity index (χ0n) is 24.9.